The Bertz CT molecular complexity index is 1090. The normalized spacial score (nSPS) is 13.3. The topological polar surface area (TPSA) is 61.4 Å². The highest BCUT2D eigenvalue weighted by Gasteiger charge is 2.18. The first-order valence-electron chi connectivity index (χ1n) is 10.8. The van der Waals surface area contributed by atoms with Crippen LogP contribution in [-0.2, 0) is 0 Å². The van der Waals surface area contributed by atoms with Gasteiger partial charge in [0, 0.05) is 29.9 Å². The maximum atomic E-state index is 12.6. The van der Waals surface area contributed by atoms with E-state index in [4.69, 9.17) is 12.2 Å². The monoisotopic (exact) mass is 443 g/mol. The Hall–Kier alpha value is -3.51. The molecule has 4 rings (SSSR count). The van der Waals surface area contributed by atoms with Crippen LogP contribution >= 0.6 is 12.2 Å². The van der Waals surface area contributed by atoms with Crippen LogP contribution in [-0.4, -0.2) is 34.9 Å². The SMILES string of the molecule is O=C(NC(=S)Nc1ccc(C(=O)N2CCCCC2)cc1)c1ccc(-c2ccccc2)cc1. The van der Waals surface area contributed by atoms with E-state index < -0.39 is 0 Å². The molecular formula is C26H25N3O2S. The van der Waals surface area contributed by atoms with Gasteiger partial charge in [0.15, 0.2) is 5.11 Å². The Kier molecular flexibility index (Phi) is 6.92. The molecule has 0 aromatic heterocycles. The molecule has 2 amide bonds. The quantitative estimate of drug-likeness (QED) is 0.551. The minimum atomic E-state index is -0.279. The molecule has 3 aromatic rings. The van der Waals surface area contributed by atoms with Gasteiger partial charge < -0.3 is 10.2 Å². The molecule has 0 atom stereocenters. The second kappa shape index (κ2) is 10.2. The largest absolute Gasteiger partial charge is 0.339 e. The molecule has 3 aromatic carbocycles. The summed E-state index contributed by atoms with van der Waals surface area (Å²) in [4.78, 5) is 27.0. The summed E-state index contributed by atoms with van der Waals surface area (Å²) in [6.45, 7) is 1.64. The fourth-order valence-corrected chi connectivity index (χ4v) is 3.97. The molecule has 5 nitrogen and oxygen atoms in total. The molecule has 2 N–H and O–H groups in total. The van der Waals surface area contributed by atoms with Gasteiger partial charge in [-0.3, -0.25) is 14.9 Å². The Morgan fingerprint density at radius 2 is 1.31 bits per heavy atom. The summed E-state index contributed by atoms with van der Waals surface area (Å²) in [6, 6.07) is 24.5. The minimum Gasteiger partial charge on any atom is -0.339 e. The number of benzene rings is 3. The van der Waals surface area contributed by atoms with E-state index in [-0.39, 0.29) is 16.9 Å². The summed E-state index contributed by atoms with van der Waals surface area (Å²) in [7, 11) is 0. The average molecular weight is 444 g/mol. The van der Waals surface area contributed by atoms with Gasteiger partial charge in [-0.2, -0.15) is 0 Å². The van der Waals surface area contributed by atoms with E-state index in [9.17, 15) is 9.59 Å². The molecule has 1 fully saturated rings. The van der Waals surface area contributed by atoms with E-state index in [1.807, 2.05) is 47.4 Å². The highest BCUT2D eigenvalue weighted by molar-refractivity contribution is 7.80. The fraction of sp³-hybridized carbons (Fsp3) is 0.192. The van der Waals surface area contributed by atoms with Gasteiger partial charge in [-0.1, -0.05) is 42.5 Å². The molecule has 1 aliphatic rings. The molecule has 1 heterocycles. The molecule has 1 aliphatic heterocycles. The maximum absolute atomic E-state index is 12.6. The van der Waals surface area contributed by atoms with Crippen molar-refractivity contribution in [1.82, 2.24) is 10.2 Å². The molecule has 162 valence electrons. The number of carbonyl (C=O) groups is 2. The first-order valence-corrected chi connectivity index (χ1v) is 11.2. The van der Waals surface area contributed by atoms with Crippen LogP contribution in [0.15, 0.2) is 78.9 Å². The van der Waals surface area contributed by atoms with Gasteiger partial charge in [0.05, 0.1) is 0 Å². The smallest absolute Gasteiger partial charge is 0.257 e. The third kappa shape index (κ3) is 5.39. The number of piperidine rings is 1. The van der Waals surface area contributed by atoms with Crippen LogP contribution in [0, 0.1) is 0 Å². The number of likely N-dealkylation sites (tertiary alicyclic amines) is 1. The van der Waals surface area contributed by atoms with Gasteiger partial charge >= 0.3 is 0 Å². The number of hydrogen-bond donors (Lipinski definition) is 2. The molecule has 32 heavy (non-hydrogen) atoms. The van der Waals surface area contributed by atoms with E-state index in [2.05, 4.69) is 10.6 Å². The predicted molar refractivity (Wildman–Crippen MR) is 132 cm³/mol. The Labute approximate surface area is 193 Å². The van der Waals surface area contributed by atoms with Crippen LogP contribution in [0.4, 0.5) is 5.69 Å². The van der Waals surface area contributed by atoms with Crippen molar-refractivity contribution in [3.63, 3.8) is 0 Å². The summed E-state index contributed by atoms with van der Waals surface area (Å²) in [5, 5.41) is 5.91. The zero-order valence-electron chi connectivity index (χ0n) is 17.7. The Morgan fingerprint density at radius 3 is 1.97 bits per heavy atom. The lowest BCUT2D eigenvalue weighted by atomic mass is 10.0. The number of nitrogens with zero attached hydrogens (tertiary/aromatic N) is 1. The van der Waals surface area contributed by atoms with Gasteiger partial charge in [-0.05, 0) is 79.0 Å². The number of hydrogen-bond acceptors (Lipinski definition) is 3. The van der Waals surface area contributed by atoms with Gasteiger partial charge in [0.1, 0.15) is 0 Å². The standard InChI is InChI=1S/C26H25N3O2S/c30-24(21-11-9-20(10-12-21)19-7-3-1-4-8-19)28-26(32)27-23-15-13-22(14-16-23)25(31)29-17-5-2-6-18-29/h1,3-4,7-16H,2,5-6,17-18H2,(H2,27,28,30,32). The molecule has 0 radical (unpaired) electrons. The van der Waals surface area contributed by atoms with Crippen molar-refractivity contribution in [1.29, 1.82) is 0 Å². The van der Waals surface area contributed by atoms with E-state index in [1.165, 1.54) is 6.42 Å². The minimum absolute atomic E-state index is 0.0612. The Morgan fingerprint density at radius 1 is 0.719 bits per heavy atom. The summed E-state index contributed by atoms with van der Waals surface area (Å²) in [5.74, 6) is -0.218. The molecule has 6 heteroatoms. The lowest BCUT2D eigenvalue weighted by molar-refractivity contribution is 0.0724. The van der Waals surface area contributed by atoms with E-state index in [0.29, 0.717) is 16.8 Å². The van der Waals surface area contributed by atoms with Crippen molar-refractivity contribution < 1.29 is 9.59 Å². The van der Waals surface area contributed by atoms with Crippen LogP contribution in [0.3, 0.4) is 0 Å². The van der Waals surface area contributed by atoms with Crippen molar-refractivity contribution in [2.45, 2.75) is 19.3 Å². The molecule has 0 spiro atoms. The zero-order valence-corrected chi connectivity index (χ0v) is 18.5. The maximum Gasteiger partial charge on any atom is 0.257 e. The molecular weight excluding hydrogens is 418 g/mol. The van der Waals surface area contributed by atoms with Crippen LogP contribution < -0.4 is 10.6 Å². The number of carbonyl (C=O) groups excluding carboxylic acids is 2. The van der Waals surface area contributed by atoms with Gasteiger partial charge in [-0.15, -0.1) is 0 Å². The lowest BCUT2D eigenvalue weighted by Crippen LogP contribution is -2.35. The van der Waals surface area contributed by atoms with Gasteiger partial charge in [0.2, 0.25) is 0 Å². The molecule has 0 saturated carbocycles. The lowest BCUT2D eigenvalue weighted by Gasteiger charge is -2.26. The van der Waals surface area contributed by atoms with Crippen molar-refractivity contribution in [3.8, 4) is 11.1 Å². The summed E-state index contributed by atoms with van der Waals surface area (Å²) < 4.78 is 0. The van der Waals surface area contributed by atoms with Crippen LogP contribution in [0.2, 0.25) is 0 Å². The second-order valence-electron chi connectivity index (χ2n) is 7.78. The summed E-state index contributed by atoms with van der Waals surface area (Å²) in [6.07, 6.45) is 3.32. The van der Waals surface area contributed by atoms with Gasteiger partial charge in [-0.25, -0.2) is 0 Å². The highest BCUT2D eigenvalue weighted by atomic mass is 32.1. The first kappa shape index (κ1) is 21.7. The molecule has 0 bridgehead atoms. The van der Waals surface area contributed by atoms with Crippen molar-refractivity contribution in [2.24, 2.45) is 0 Å². The highest BCUT2D eigenvalue weighted by Crippen LogP contribution is 2.19. The third-order valence-corrected chi connectivity index (χ3v) is 5.72. The van der Waals surface area contributed by atoms with Crippen molar-refractivity contribution >= 4 is 34.8 Å². The summed E-state index contributed by atoms with van der Waals surface area (Å²) in [5.41, 5.74) is 4.04. The second-order valence-corrected chi connectivity index (χ2v) is 8.19. The average Bonchev–Trinajstić information content (AvgIpc) is 2.85. The van der Waals surface area contributed by atoms with E-state index >= 15 is 0 Å². The number of amides is 2. The first-order chi connectivity index (χ1) is 15.6. The van der Waals surface area contributed by atoms with Crippen molar-refractivity contribution in [3.05, 3.63) is 90.0 Å². The zero-order chi connectivity index (χ0) is 22.3. The molecule has 1 saturated heterocycles. The Balaban J connectivity index is 1.32. The number of anilines is 1. The van der Waals surface area contributed by atoms with Crippen LogP contribution in [0.5, 0.6) is 0 Å². The summed E-state index contributed by atoms with van der Waals surface area (Å²) >= 11 is 5.28. The third-order valence-electron chi connectivity index (χ3n) is 5.51. The van der Waals surface area contributed by atoms with E-state index in [1.54, 1.807) is 36.4 Å². The number of thiocarbonyl (C=S) groups is 1. The van der Waals surface area contributed by atoms with Crippen molar-refractivity contribution in [2.75, 3.05) is 18.4 Å². The van der Waals surface area contributed by atoms with E-state index in [0.717, 1.165) is 37.1 Å². The van der Waals surface area contributed by atoms with Gasteiger partial charge in [0.25, 0.3) is 11.8 Å². The van der Waals surface area contributed by atoms with Crippen LogP contribution in [0.1, 0.15) is 40.0 Å². The number of rotatable bonds is 4. The fourth-order valence-electron chi connectivity index (χ4n) is 3.76. The predicted octanol–water partition coefficient (Wildman–Crippen LogP) is 5.11. The molecule has 0 unspecified atom stereocenters. The van der Waals surface area contributed by atoms with Crippen LogP contribution in [0.25, 0.3) is 11.1 Å². The molecule has 0 aliphatic carbocycles. The number of nitrogens with one attached hydrogen (secondary N) is 2.